The van der Waals surface area contributed by atoms with Crippen LogP contribution in [-0.4, -0.2) is 0 Å². The number of allylic oxidation sites excluding steroid dienone is 4. The van der Waals surface area contributed by atoms with Gasteiger partial charge in [-0.25, -0.2) is 0 Å². The molecule has 66 valence electrons. The van der Waals surface area contributed by atoms with Crippen LogP contribution in [0.4, 0.5) is 0 Å². The molecule has 0 aliphatic heterocycles. The molecule has 0 bridgehead atoms. The van der Waals surface area contributed by atoms with Crippen molar-refractivity contribution < 1.29 is 0 Å². The highest BCUT2D eigenvalue weighted by Crippen LogP contribution is 2.49. The van der Waals surface area contributed by atoms with E-state index in [0.29, 0.717) is 5.41 Å². The van der Waals surface area contributed by atoms with Crippen LogP contribution in [0, 0.1) is 17.3 Å². The summed E-state index contributed by atoms with van der Waals surface area (Å²) in [5.41, 5.74) is 0.429. The molecule has 1 saturated carbocycles. The summed E-state index contributed by atoms with van der Waals surface area (Å²) in [5.74, 6) is 1.69. The van der Waals surface area contributed by atoms with E-state index in [1.54, 1.807) is 0 Å². The zero-order chi connectivity index (χ0) is 8.60. The van der Waals surface area contributed by atoms with Gasteiger partial charge in [-0.2, -0.15) is 0 Å². The highest BCUT2D eigenvalue weighted by atomic mass is 14.4. The fraction of sp³-hybridized carbons (Fsp3) is 0.667. The minimum atomic E-state index is 0.429. The van der Waals surface area contributed by atoms with Gasteiger partial charge in [0.1, 0.15) is 0 Å². The third-order valence-electron chi connectivity index (χ3n) is 3.86. The Bertz CT molecular complexity index is 198. The molecular weight excluding hydrogens is 144 g/mol. The highest BCUT2D eigenvalue weighted by molar-refractivity contribution is 5.27. The molecule has 0 aromatic heterocycles. The zero-order valence-electron chi connectivity index (χ0n) is 8.09. The molecule has 12 heavy (non-hydrogen) atoms. The van der Waals surface area contributed by atoms with E-state index in [9.17, 15) is 0 Å². The van der Waals surface area contributed by atoms with E-state index in [4.69, 9.17) is 0 Å². The third kappa shape index (κ3) is 0.972. The molecule has 2 atom stereocenters. The van der Waals surface area contributed by atoms with E-state index in [1.807, 2.05) is 0 Å². The lowest BCUT2D eigenvalue weighted by Gasteiger charge is -2.42. The molecule has 2 unspecified atom stereocenters. The van der Waals surface area contributed by atoms with Crippen molar-refractivity contribution in [1.82, 2.24) is 0 Å². The van der Waals surface area contributed by atoms with Crippen molar-refractivity contribution in [3.63, 3.8) is 0 Å². The maximum atomic E-state index is 2.42. The number of hydrogen-bond donors (Lipinski definition) is 0. The van der Waals surface area contributed by atoms with Crippen molar-refractivity contribution in [2.24, 2.45) is 17.3 Å². The molecular formula is C12H18. The van der Waals surface area contributed by atoms with Gasteiger partial charge in [-0.05, 0) is 24.7 Å². The Morgan fingerprint density at radius 2 is 1.50 bits per heavy atom. The summed E-state index contributed by atoms with van der Waals surface area (Å²) in [6.07, 6.45) is 13.5. The predicted octanol–water partition coefficient (Wildman–Crippen LogP) is 3.55. The Labute approximate surface area is 75.4 Å². The average Bonchev–Trinajstić information content (AvgIpc) is 2.50. The summed E-state index contributed by atoms with van der Waals surface area (Å²) in [4.78, 5) is 0. The molecule has 2 rings (SSSR count). The molecule has 0 aromatic carbocycles. The van der Waals surface area contributed by atoms with E-state index in [-0.39, 0.29) is 0 Å². The Hall–Kier alpha value is -0.520. The van der Waals surface area contributed by atoms with Gasteiger partial charge in [0.25, 0.3) is 0 Å². The molecule has 0 heterocycles. The van der Waals surface area contributed by atoms with Crippen LogP contribution < -0.4 is 0 Å². The van der Waals surface area contributed by atoms with Gasteiger partial charge in [0, 0.05) is 5.41 Å². The summed E-state index contributed by atoms with van der Waals surface area (Å²) in [5, 5.41) is 0. The summed E-state index contributed by atoms with van der Waals surface area (Å²) < 4.78 is 0. The summed E-state index contributed by atoms with van der Waals surface area (Å²) >= 11 is 0. The van der Waals surface area contributed by atoms with Gasteiger partial charge < -0.3 is 0 Å². The minimum absolute atomic E-state index is 0.429. The molecule has 0 radical (unpaired) electrons. The fourth-order valence-corrected chi connectivity index (χ4v) is 2.87. The van der Waals surface area contributed by atoms with Crippen LogP contribution in [0.5, 0.6) is 0 Å². The van der Waals surface area contributed by atoms with Gasteiger partial charge in [-0.3, -0.25) is 0 Å². The Morgan fingerprint density at radius 3 is 2.00 bits per heavy atom. The quantitative estimate of drug-likeness (QED) is 0.511. The normalized spacial score (nSPS) is 37.8. The maximum absolute atomic E-state index is 2.42. The lowest BCUT2D eigenvalue weighted by Crippen LogP contribution is -2.34. The lowest BCUT2D eigenvalue weighted by atomic mass is 9.62. The number of hydrogen-bond acceptors (Lipinski definition) is 0. The first-order chi connectivity index (χ1) is 5.76. The zero-order valence-corrected chi connectivity index (χ0v) is 8.09. The smallest absolute Gasteiger partial charge is 0.0118 e. The fourth-order valence-electron chi connectivity index (χ4n) is 2.87. The second kappa shape index (κ2) is 2.76. The highest BCUT2D eigenvalue weighted by Gasteiger charge is 2.40. The Kier molecular flexibility index (Phi) is 1.86. The first-order valence-electron chi connectivity index (χ1n) is 5.13. The molecule has 0 aromatic rings. The monoisotopic (exact) mass is 162 g/mol. The van der Waals surface area contributed by atoms with E-state index in [2.05, 4.69) is 38.2 Å². The van der Waals surface area contributed by atoms with Crippen molar-refractivity contribution in [2.75, 3.05) is 0 Å². The minimum Gasteiger partial charge on any atom is -0.0740 e. The SMILES string of the molecule is CC1CCCC(C)C12C=CC=C2. The topological polar surface area (TPSA) is 0 Å². The molecule has 2 aliphatic rings. The van der Waals surface area contributed by atoms with Crippen molar-refractivity contribution in [2.45, 2.75) is 33.1 Å². The van der Waals surface area contributed by atoms with Crippen LogP contribution in [-0.2, 0) is 0 Å². The van der Waals surface area contributed by atoms with Crippen LogP contribution in [0.25, 0.3) is 0 Å². The lowest BCUT2D eigenvalue weighted by molar-refractivity contribution is 0.149. The second-order valence-electron chi connectivity index (χ2n) is 4.45. The van der Waals surface area contributed by atoms with Gasteiger partial charge >= 0.3 is 0 Å². The van der Waals surface area contributed by atoms with Crippen LogP contribution in [0.15, 0.2) is 24.3 Å². The van der Waals surface area contributed by atoms with E-state index < -0.39 is 0 Å². The van der Waals surface area contributed by atoms with E-state index in [0.717, 1.165) is 11.8 Å². The van der Waals surface area contributed by atoms with E-state index in [1.165, 1.54) is 19.3 Å². The second-order valence-corrected chi connectivity index (χ2v) is 4.45. The van der Waals surface area contributed by atoms with Crippen molar-refractivity contribution in [3.8, 4) is 0 Å². The van der Waals surface area contributed by atoms with Gasteiger partial charge in [0.15, 0.2) is 0 Å². The maximum Gasteiger partial charge on any atom is 0.0118 e. The summed E-state index contributed by atoms with van der Waals surface area (Å²) in [7, 11) is 0. The summed E-state index contributed by atoms with van der Waals surface area (Å²) in [6, 6.07) is 0. The average molecular weight is 162 g/mol. The number of rotatable bonds is 0. The van der Waals surface area contributed by atoms with Crippen molar-refractivity contribution in [1.29, 1.82) is 0 Å². The Balaban J connectivity index is 2.29. The van der Waals surface area contributed by atoms with Gasteiger partial charge in [-0.1, -0.05) is 44.6 Å². The molecule has 0 heteroatoms. The molecule has 0 N–H and O–H groups in total. The van der Waals surface area contributed by atoms with Crippen LogP contribution in [0.2, 0.25) is 0 Å². The molecule has 0 saturated heterocycles. The van der Waals surface area contributed by atoms with Crippen molar-refractivity contribution in [3.05, 3.63) is 24.3 Å². The summed E-state index contributed by atoms with van der Waals surface area (Å²) in [6.45, 7) is 4.80. The van der Waals surface area contributed by atoms with E-state index >= 15 is 0 Å². The first kappa shape index (κ1) is 8.10. The molecule has 1 fully saturated rings. The van der Waals surface area contributed by atoms with Crippen LogP contribution in [0.3, 0.4) is 0 Å². The molecule has 1 spiro atoms. The van der Waals surface area contributed by atoms with Crippen molar-refractivity contribution >= 4 is 0 Å². The molecule has 0 amide bonds. The predicted molar refractivity (Wildman–Crippen MR) is 52.9 cm³/mol. The van der Waals surface area contributed by atoms with Gasteiger partial charge in [-0.15, -0.1) is 0 Å². The van der Waals surface area contributed by atoms with Crippen LogP contribution >= 0.6 is 0 Å². The third-order valence-corrected chi connectivity index (χ3v) is 3.86. The molecule has 2 aliphatic carbocycles. The first-order valence-corrected chi connectivity index (χ1v) is 5.13. The van der Waals surface area contributed by atoms with Gasteiger partial charge in [0.2, 0.25) is 0 Å². The largest absolute Gasteiger partial charge is 0.0740 e. The van der Waals surface area contributed by atoms with Gasteiger partial charge in [0.05, 0.1) is 0 Å². The molecule has 0 nitrogen and oxygen atoms in total. The Morgan fingerprint density at radius 1 is 1.00 bits per heavy atom. The van der Waals surface area contributed by atoms with Crippen LogP contribution in [0.1, 0.15) is 33.1 Å². The standard InChI is InChI=1S/C12H18/c1-10-6-5-7-11(2)12(10)8-3-4-9-12/h3-4,8-11H,5-7H2,1-2H3.